The molecule has 0 saturated carbocycles. The molecule has 0 amide bonds. The predicted molar refractivity (Wildman–Crippen MR) is 61.2 cm³/mol. The van der Waals surface area contributed by atoms with Gasteiger partial charge in [0.15, 0.2) is 0 Å². The molecule has 0 spiro atoms. The zero-order valence-corrected chi connectivity index (χ0v) is 9.52. The zero-order valence-electron chi connectivity index (χ0n) is 7.12. The number of halogens is 1. The zero-order chi connectivity index (χ0) is 9.26. The number of benzene rings is 1. The molecule has 66 valence electrons. The molecule has 1 nitrogen and oxygen atoms in total. The van der Waals surface area contributed by atoms with Crippen LogP contribution in [0.25, 0.3) is 10.9 Å². The molecule has 2 rings (SSSR count). The molecule has 0 fully saturated rings. The van der Waals surface area contributed by atoms with Crippen LogP contribution in [0.4, 0.5) is 0 Å². The Morgan fingerprint density at radius 2 is 2.15 bits per heavy atom. The lowest BCUT2D eigenvalue weighted by Gasteiger charge is -2.03. The van der Waals surface area contributed by atoms with Crippen LogP contribution < -0.4 is 0 Å². The van der Waals surface area contributed by atoms with Gasteiger partial charge in [0.05, 0.1) is 5.52 Å². The van der Waals surface area contributed by atoms with Crippen molar-refractivity contribution in [2.45, 2.75) is 4.90 Å². The number of fused-ring (bicyclic) bond motifs is 1. The van der Waals surface area contributed by atoms with Gasteiger partial charge in [0.2, 0.25) is 0 Å². The standard InChI is InChI=1S/C10H8BrNS/c1-13-9-5-4-8(11)7-3-2-6-12-10(7)9/h2-6H,1H3. The third-order valence-corrected chi connectivity index (χ3v) is 3.36. The molecule has 2 aromatic rings. The van der Waals surface area contributed by atoms with Gasteiger partial charge in [-0.3, -0.25) is 4.98 Å². The van der Waals surface area contributed by atoms with Crippen molar-refractivity contribution in [3.05, 3.63) is 34.9 Å². The lowest BCUT2D eigenvalue weighted by molar-refractivity contribution is 1.35. The highest BCUT2D eigenvalue weighted by Crippen LogP contribution is 2.29. The van der Waals surface area contributed by atoms with Gasteiger partial charge in [0, 0.05) is 21.0 Å². The van der Waals surface area contributed by atoms with E-state index in [9.17, 15) is 0 Å². The number of pyridine rings is 1. The maximum Gasteiger partial charge on any atom is 0.0848 e. The average Bonchev–Trinajstić information content (AvgIpc) is 2.19. The fourth-order valence-corrected chi connectivity index (χ4v) is 2.29. The summed E-state index contributed by atoms with van der Waals surface area (Å²) in [5.74, 6) is 0. The summed E-state index contributed by atoms with van der Waals surface area (Å²) in [4.78, 5) is 5.58. The quantitative estimate of drug-likeness (QED) is 0.719. The van der Waals surface area contributed by atoms with Crippen molar-refractivity contribution < 1.29 is 0 Å². The smallest absolute Gasteiger partial charge is 0.0848 e. The van der Waals surface area contributed by atoms with Crippen LogP contribution in [0.15, 0.2) is 39.8 Å². The van der Waals surface area contributed by atoms with Crippen molar-refractivity contribution >= 4 is 38.6 Å². The van der Waals surface area contributed by atoms with Gasteiger partial charge >= 0.3 is 0 Å². The van der Waals surface area contributed by atoms with Crippen molar-refractivity contribution in [2.75, 3.05) is 6.26 Å². The lowest BCUT2D eigenvalue weighted by atomic mass is 10.2. The average molecular weight is 254 g/mol. The van der Waals surface area contributed by atoms with Gasteiger partial charge in [-0.25, -0.2) is 0 Å². The molecule has 0 radical (unpaired) electrons. The van der Waals surface area contributed by atoms with Gasteiger partial charge in [-0.05, 0) is 24.5 Å². The first-order chi connectivity index (χ1) is 6.33. The highest BCUT2D eigenvalue weighted by atomic mass is 79.9. The van der Waals surface area contributed by atoms with Crippen LogP contribution in [0.3, 0.4) is 0 Å². The predicted octanol–water partition coefficient (Wildman–Crippen LogP) is 3.72. The van der Waals surface area contributed by atoms with Crippen molar-refractivity contribution in [1.29, 1.82) is 0 Å². The molecule has 0 bridgehead atoms. The van der Waals surface area contributed by atoms with Crippen LogP contribution in [-0.2, 0) is 0 Å². The normalized spacial score (nSPS) is 10.6. The molecule has 1 aromatic heterocycles. The maximum atomic E-state index is 4.36. The monoisotopic (exact) mass is 253 g/mol. The Balaban J connectivity index is 2.84. The molecule has 0 aliphatic carbocycles. The first kappa shape index (κ1) is 9.03. The maximum absolute atomic E-state index is 4.36. The Morgan fingerprint density at radius 3 is 2.92 bits per heavy atom. The van der Waals surface area contributed by atoms with Gasteiger partial charge < -0.3 is 0 Å². The van der Waals surface area contributed by atoms with Crippen LogP contribution in [0.1, 0.15) is 0 Å². The number of rotatable bonds is 1. The summed E-state index contributed by atoms with van der Waals surface area (Å²) in [5.41, 5.74) is 1.07. The minimum Gasteiger partial charge on any atom is -0.255 e. The molecule has 3 heteroatoms. The topological polar surface area (TPSA) is 12.9 Å². The van der Waals surface area contributed by atoms with Crippen molar-refractivity contribution in [3.63, 3.8) is 0 Å². The summed E-state index contributed by atoms with van der Waals surface area (Å²) in [7, 11) is 0. The van der Waals surface area contributed by atoms with Crippen LogP contribution in [-0.4, -0.2) is 11.2 Å². The molecular weight excluding hydrogens is 246 g/mol. The minimum absolute atomic E-state index is 1.07. The van der Waals surface area contributed by atoms with E-state index in [2.05, 4.69) is 45.4 Å². The van der Waals surface area contributed by atoms with Gasteiger partial charge in [-0.15, -0.1) is 11.8 Å². The van der Waals surface area contributed by atoms with E-state index in [0.29, 0.717) is 0 Å². The highest BCUT2D eigenvalue weighted by Gasteiger charge is 2.03. The lowest BCUT2D eigenvalue weighted by Crippen LogP contribution is -1.81. The van der Waals surface area contributed by atoms with E-state index in [1.807, 2.05) is 12.3 Å². The summed E-state index contributed by atoms with van der Waals surface area (Å²) in [5, 5.41) is 1.18. The van der Waals surface area contributed by atoms with Crippen LogP contribution in [0, 0.1) is 0 Å². The molecule has 0 aliphatic heterocycles. The Hall–Kier alpha value is -0.540. The number of thioether (sulfide) groups is 1. The summed E-state index contributed by atoms with van der Waals surface area (Å²) < 4.78 is 1.11. The second-order valence-corrected chi connectivity index (χ2v) is 4.35. The highest BCUT2D eigenvalue weighted by molar-refractivity contribution is 9.10. The van der Waals surface area contributed by atoms with E-state index in [0.717, 1.165) is 9.99 Å². The summed E-state index contributed by atoms with van der Waals surface area (Å²) in [6.07, 6.45) is 3.89. The molecule has 0 saturated heterocycles. The minimum atomic E-state index is 1.07. The molecule has 1 aromatic carbocycles. The summed E-state index contributed by atoms with van der Waals surface area (Å²) in [6, 6.07) is 8.18. The molecule has 1 heterocycles. The van der Waals surface area contributed by atoms with Crippen molar-refractivity contribution in [3.8, 4) is 0 Å². The Kier molecular flexibility index (Phi) is 2.56. The van der Waals surface area contributed by atoms with Crippen molar-refractivity contribution in [1.82, 2.24) is 4.98 Å². The van der Waals surface area contributed by atoms with Crippen molar-refractivity contribution in [2.24, 2.45) is 0 Å². The number of hydrogen-bond donors (Lipinski definition) is 0. The molecule has 0 unspecified atom stereocenters. The van der Waals surface area contributed by atoms with Gasteiger partial charge in [-0.1, -0.05) is 22.0 Å². The Bertz CT molecular complexity index is 442. The second-order valence-electron chi connectivity index (χ2n) is 2.65. The van der Waals surface area contributed by atoms with Gasteiger partial charge in [0.1, 0.15) is 0 Å². The first-order valence-corrected chi connectivity index (χ1v) is 5.92. The van der Waals surface area contributed by atoms with E-state index in [-0.39, 0.29) is 0 Å². The number of hydrogen-bond acceptors (Lipinski definition) is 2. The van der Waals surface area contributed by atoms with Gasteiger partial charge in [0.25, 0.3) is 0 Å². The van der Waals surface area contributed by atoms with Crippen LogP contribution in [0.2, 0.25) is 0 Å². The summed E-state index contributed by atoms with van der Waals surface area (Å²) >= 11 is 5.23. The molecule has 0 atom stereocenters. The van der Waals surface area contributed by atoms with Gasteiger partial charge in [-0.2, -0.15) is 0 Å². The molecule has 0 aliphatic rings. The van der Waals surface area contributed by atoms with E-state index >= 15 is 0 Å². The largest absolute Gasteiger partial charge is 0.255 e. The summed E-state index contributed by atoms with van der Waals surface area (Å²) in [6.45, 7) is 0. The van der Waals surface area contributed by atoms with E-state index in [1.54, 1.807) is 11.8 Å². The number of nitrogens with zero attached hydrogens (tertiary/aromatic N) is 1. The Morgan fingerprint density at radius 1 is 1.31 bits per heavy atom. The molecule has 13 heavy (non-hydrogen) atoms. The van der Waals surface area contributed by atoms with E-state index in [1.165, 1.54) is 10.3 Å². The van der Waals surface area contributed by atoms with Crippen LogP contribution >= 0.6 is 27.7 Å². The SMILES string of the molecule is CSc1ccc(Br)c2cccnc12. The molecule has 0 N–H and O–H groups in total. The van der Waals surface area contributed by atoms with E-state index < -0.39 is 0 Å². The first-order valence-electron chi connectivity index (χ1n) is 3.90. The van der Waals surface area contributed by atoms with Crippen LogP contribution in [0.5, 0.6) is 0 Å². The van der Waals surface area contributed by atoms with E-state index in [4.69, 9.17) is 0 Å². The second kappa shape index (κ2) is 3.68. The fourth-order valence-electron chi connectivity index (χ4n) is 1.28. The number of aromatic nitrogens is 1. The molecular formula is C10H8BrNS. The third kappa shape index (κ3) is 1.58. The fraction of sp³-hybridized carbons (Fsp3) is 0.100. The third-order valence-electron chi connectivity index (χ3n) is 1.90. The Labute approximate surface area is 89.7 Å².